The van der Waals surface area contributed by atoms with Crippen molar-refractivity contribution in [2.75, 3.05) is 19.6 Å². The molecule has 0 saturated carbocycles. The molecular formula is C9H18N2O. The minimum absolute atomic E-state index is 0.186. The Kier molecular flexibility index (Phi) is 3.53. The predicted octanol–water partition coefficient (Wildman–Crippen LogP) is 0.607. The zero-order chi connectivity index (χ0) is 8.97. The van der Waals surface area contributed by atoms with Gasteiger partial charge in [0.15, 0.2) is 0 Å². The highest BCUT2D eigenvalue weighted by Gasteiger charge is 2.17. The third-order valence-corrected chi connectivity index (χ3v) is 2.43. The molecule has 0 spiro atoms. The van der Waals surface area contributed by atoms with Gasteiger partial charge >= 0.3 is 0 Å². The molecule has 1 amide bonds. The second kappa shape index (κ2) is 4.45. The Balaban J connectivity index is 2.30. The van der Waals surface area contributed by atoms with Crippen molar-refractivity contribution in [1.29, 1.82) is 0 Å². The van der Waals surface area contributed by atoms with Crippen LogP contribution in [0.3, 0.4) is 0 Å². The fourth-order valence-electron chi connectivity index (χ4n) is 1.66. The minimum atomic E-state index is 0.186. The van der Waals surface area contributed by atoms with E-state index in [2.05, 4.69) is 5.32 Å². The van der Waals surface area contributed by atoms with Crippen molar-refractivity contribution in [3.63, 3.8) is 0 Å². The summed E-state index contributed by atoms with van der Waals surface area (Å²) in [7, 11) is 0. The molecule has 1 fully saturated rings. The number of likely N-dealkylation sites (N-methyl/N-ethyl adjacent to an activating group) is 1. The summed E-state index contributed by atoms with van der Waals surface area (Å²) < 4.78 is 0. The number of rotatable bonds is 3. The maximum absolute atomic E-state index is 11.1. The molecule has 1 saturated heterocycles. The van der Waals surface area contributed by atoms with Gasteiger partial charge in [0.2, 0.25) is 5.91 Å². The Morgan fingerprint density at radius 1 is 1.67 bits per heavy atom. The Bertz CT molecular complexity index is 153. The average molecular weight is 170 g/mol. The molecule has 3 nitrogen and oxygen atoms in total. The molecule has 0 aliphatic carbocycles. The summed E-state index contributed by atoms with van der Waals surface area (Å²) in [5.74, 6) is 0.186. The lowest BCUT2D eigenvalue weighted by atomic mass is 10.2. The van der Waals surface area contributed by atoms with Crippen LogP contribution in [0, 0.1) is 0 Å². The lowest BCUT2D eigenvalue weighted by Gasteiger charge is -2.22. The number of hydrogen-bond donors (Lipinski definition) is 1. The number of amides is 1. The van der Waals surface area contributed by atoms with Gasteiger partial charge in [0, 0.05) is 26.1 Å². The second-order valence-corrected chi connectivity index (χ2v) is 3.35. The molecule has 0 aromatic rings. The van der Waals surface area contributed by atoms with Crippen LogP contribution in [0.2, 0.25) is 0 Å². The van der Waals surface area contributed by atoms with Crippen LogP contribution in [-0.4, -0.2) is 36.5 Å². The summed E-state index contributed by atoms with van der Waals surface area (Å²) in [6.45, 7) is 6.48. The molecule has 1 aliphatic heterocycles. The Hall–Kier alpha value is -0.570. The van der Waals surface area contributed by atoms with Gasteiger partial charge in [0.05, 0.1) is 0 Å². The molecule has 1 aliphatic rings. The molecule has 1 heterocycles. The van der Waals surface area contributed by atoms with Crippen LogP contribution in [0.5, 0.6) is 0 Å². The molecule has 1 N–H and O–H groups in total. The number of hydrogen-bond acceptors (Lipinski definition) is 2. The minimum Gasteiger partial charge on any atom is -0.342 e. The molecule has 3 heteroatoms. The van der Waals surface area contributed by atoms with Crippen molar-refractivity contribution in [3.05, 3.63) is 0 Å². The maximum atomic E-state index is 11.1. The number of nitrogens with one attached hydrogen (secondary N) is 1. The van der Waals surface area contributed by atoms with Gasteiger partial charge in [-0.25, -0.2) is 0 Å². The van der Waals surface area contributed by atoms with Crippen LogP contribution in [0.15, 0.2) is 0 Å². The first-order chi connectivity index (χ1) is 5.74. The number of carbonyl (C=O) groups is 1. The lowest BCUT2D eigenvalue weighted by Crippen LogP contribution is -2.39. The molecule has 70 valence electrons. The quantitative estimate of drug-likeness (QED) is 0.673. The zero-order valence-electron chi connectivity index (χ0n) is 7.97. The van der Waals surface area contributed by atoms with Gasteiger partial charge < -0.3 is 10.2 Å². The van der Waals surface area contributed by atoms with Crippen molar-refractivity contribution >= 4 is 5.91 Å². The third kappa shape index (κ3) is 2.48. The predicted molar refractivity (Wildman–Crippen MR) is 49.0 cm³/mol. The lowest BCUT2D eigenvalue weighted by molar-refractivity contribution is -0.128. The first-order valence-corrected chi connectivity index (χ1v) is 4.73. The highest BCUT2D eigenvalue weighted by molar-refractivity contribution is 5.73. The van der Waals surface area contributed by atoms with Gasteiger partial charge in [-0.3, -0.25) is 4.79 Å². The standard InChI is InChI=1S/C9H18N2O/c1-3-11(8(2)12)7-9-5-4-6-10-9/h9-10H,3-7H2,1-2H3. The Morgan fingerprint density at radius 2 is 2.42 bits per heavy atom. The molecule has 1 atom stereocenters. The normalized spacial score (nSPS) is 22.7. The van der Waals surface area contributed by atoms with E-state index in [4.69, 9.17) is 0 Å². The molecule has 0 aromatic carbocycles. The fraction of sp³-hybridized carbons (Fsp3) is 0.889. The van der Waals surface area contributed by atoms with E-state index < -0.39 is 0 Å². The monoisotopic (exact) mass is 170 g/mol. The van der Waals surface area contributed by atoms with Crippen LogP contribution in [0.25, 0.3) is 0 Å². The molecule has 12 heavy (non-hydrogen) atoms. The van der Waals surface area contributed by atoms with E-state index in [9.17, 15) is 4.79 Å². The van der Waals surface area contributed by atoms with Gasteiger partial charge in [-0.1, -0.05) is 0 Å². The maximum Gasteiger partial charge on any atom is 0.219 e. The summed E-state index contributed by atoms with van der Waals surface area (Å²) in [4.78, 5) is 13.0. The van der Waals surface area contributed by atoms with E-state index in [0.717, 1.165) is 19.6 Å². The van der Waals surface area contributed by atoms with Crippen molar-refractivity contribution in [1.82, 2.24) is 10.2 Å². The summed E-state index contributed by atoms with van der Waals surface area (Å²) in [5, 5.41) is 3.38. The van der Waals surface area contributed by atoms with Gasteiger partial charge in [-0.15, -0.1) is 0 Å². The summed E-state index contributed by atoms with van der Waals surface area (Å²) >= 11 is 0. The molecule has 1 rings (SSSR count). The second-order valence-electron chi connectivity index (χ2n) is 3.35. The molecular weight excluding hydrogens is 152 g/mol. The van der Waals surface area contributed by atoms with Crippen molar-refractivity contribution in [2.45, 2.75) is 32.7 Å². The summed E-state index contributed by atoms with van der Waals surface area (Å²) in [5.41, 5.74) is 0. The summed E-state index contributed by atoms with van der Waals surface area (Å²) in [6, 6.07) is 0.536. The Morgan fingerprint density at radius 3 is 2.83 bits per heavy atom. The van der Waals surface area contributed by atoms with E-state index in [-0.39, 0.29) is 5.91 Å². The van der Waals surface area contributed by atoms with Gasteiger partial charge in [0.25, 0.3) is 0 Å². The van der Waals surface area contributed by atoms with Crippen LogP contribution in [-0.2, 0) is 4.79 Å². The third-order valence-electron chi connectivity index (χ3n) is 2.43. The van der Waals surface area contributed by atoms with E-state index in [1.807, 2.05) is 11.8 Å². The van der Waals surface area contributed by atoms with Gasteiger partial charge in [0.1, 0.15) is 0 Å². The van der Waals surface area contributed by atoms with E-state index in [1.54, 1.807) is 6.92 Å². The van der Waals surface area contributed by atoms with Crippen molar-refractivity contribution < 1.29 is 4.79 Å². The summed E-state index contributed by atoms with van der Waals surface area (Å²) in [6.07, 6.45) is 2.46. The zero-order valence-corrected chi connectivity index (χ0v) is 7.97. The Labute approximate surface area is 74.1 Å². The largest absolute Gasteiger partial charge is 0.342 e. The van der Waals surface area contributed by atoms with Crippen LogP contribution >= 0.6 is 0 Å². The molecule has 0 radical (unpaired) electrons. The fourth-order valence-corrected chi connectivity index (χ4v) is 1.66. The number of nitrogens with zero attached hydrogens (tertiary/aromatic N) is 1. The first-order valence-electron chi connectivity index (χ1n) is 4.73. The SMILES string of the molecule is CCN(CC1CCCN1)C(C)=O. The topological polar surface area (TPSA) is 32.3 Å². The van der Waals surface area contributed by atoms with Crippen molar-refractivity contribution in [3.8, 4) is 0 Å². The van der Waals surface area contributed by atoms with E-state index in [1.165, 1.54) is 12.8 Å². The highest BCUT2D eigenvalue weighted by atomic mass is 16.2. The molecule has 0 bridgehead atoms. The first kappa shape index (κ1) is 9.52. The van der Waals surface area contributed by atoms with Gasteiger partial charge in [-0.2, -0.15) is 0 Å². The molecule has 1 unspecified atom stereocenters. The van der Waals surface area contributed by atoms with E-state index >= 15 is 0 Å². The van der Waals surface area contributed by atoms with Crippen LogP contribution < -0.4 is 5.32 Å². The highest BCUT2D eigenvalue weighted by Crippen LogP contribution is 2.06. The van der Waals surface area contributed by atoms with Crippen molar-refractivity contribution in [2.24, 2.45) is 0 Å². The van der Waals surface area contributed by atoms with Crippen LogP contribution in [0.4, 0.5) is 0 Å². The van der Waals surface area contributed by atoms with Gasteiger partial charge in [-0.05, 0) is 26.3 Å². The average Bonchev–Trinajstić information content (AvgIpc) is 2.51. The van der Waals surface area contributed by atoms with Crippen LogP contribution in [0.1, 0.15) is 26.7 Å². The molecule has 0 aromatic heterocycles. The number of carbonyl (C=O) groups excluding carboxylic acids is 1. The van der Waals surface area contributed by atoms with E-state index in [0.29, 0.717) is 6.04 Å². The smallest absolute Gasteiger partial charge is 0.219 e.